The van der Waals surface area contributed by atoms with Crippen molar-refractivity contribution in [1.29, 1.82) is 5.26 Å². The summed E-state index contributed by atoms with van der Waals surface area (Å²) in [5.74, 6) is -0.271. The normalized spacial score (nSPS) is 14.2. The lowest BCUT2D eigenvalue weighted by atomic mass is 9.89. The zero-order valence-corrected chi connectivity index (χ0v) is 19.7. The molecule has 0 radical (unpaired) electrons. The Balaban J connectivity index is 1.54. The van der Waals surface area contributed by atoms with Crippen LogP contribution in [-0.2, 0) is 22.9 Å². The van der Waals surface area contributed by atoms with Crippen molar-refractivity contribution in [2.45, 2.75) is 43.0 Å². The van der Waals surface area contributed by atoms with Gasteiger partial charge in [0.2, 0.25) is 10.0 Å². The predicted molar refractivity (Wildman–Crippen MR) is 129 cm³/mol. The van der Waals surface area contributed by atoms with E-state index in [1.54, 1.807) is 11.3 Å². The van der Waals surface area contributed by atoms with E-state index in [1.165, 1.54) is 48.2 Å². The van der Waals surface area contributed by atoms with Gasteiger partial charge in [-0.15, -0.1) is 11.3 Å². The van der Waals surface area contributed by atoms with Gasteiger partial charge in [0.15, 0.2) is 0 Å². The minimum Gasteiger partial charge on any atom is -0.340 e. The smallest absolute Gasteiger partial charge is 0.252 e. The summed E-state index contributed by atoms with van der Waals surface area (Å²) in [5, 5.41) is 13.7. The first-order valence-electron chi connectivity index (χ1n) is 10.9. The van der Waals surface area contributed by atoms with Gasteiger partial charge in [-0.3, -0.25) is 4.79 Å². The Hall–Kier alpha value is -2.99. The van der Waals surface area contributed by atoms with Crippen LogP contribution in [0.5, 0.6) is 0 Å². The summed E-state index contributed by atoms with van der Waals surface area (Å²) in [4.78, 5) is 14.2. The lowest BCUT2D eigenvalue weighted by Gasteiger charge is -2.22. The van der Waals surface area contributed by atoms with Gasteiger partial charge in [0.05, 0.1) is 17.0 Å². The number of thiophene rings is 1. The molecule has 2 N–H and O–H groups in total. The van der Waals surface area contributed by atoms with Gasteiger partial charge in [0.25, 0.3) is 5.91 Å². The van der Waals surface area contributed by atoms with E-state index in [-0.39, 0.29) is 29.8 Å². The fourth-order valence-corrected chi connectivity index (χ4v) is 5.87. The van der Waals surface area contributed by atoms with Crippen molar-refractivity contribution in [2.75, 3.05) is 6.54 Å². The van der Waals surface area contributed by atoms with Crippen LogP contribution >= 0.6 is 11.3 Å². The number of rotatable bonds is 8. The Morgan fingerprint density at radius 2 is 1.82 bits per heavy atom. The molecule has 3 aromatic rings. The fraction of sp³-hybridized carbons (Fsp3) is 0.280. The number of sulfonamides is 1. The number of nitrogens with zero attached hydrogens (tertiary/aromatic N) is 1. The first kappa shape index (κ1) is 23.2. The van der Waals surface area contributed by atoms with E-state index in [0.717, 1.165) is 23.3 Å². The topological polar surface area (TPSA) is 99.1 Å². The van der Waals surface area contributed by atoms with Crippen molar-refractivity contribution < 1.29 is 13.2 Å². The summed E-state index contributed by atoms with van der Waals surface area (Å²) in [6, 6.07) is 17.9. The van der Waals surface area contributed by atoms with Gasteiger partial charge >= 0.3 is 0 Å². The molecule has 0 saturated carbocycles. The summed E-state index contributed by atoms with van der Waals surface area (Å²) in [6.07, 6.45) is 4.66. The molecular formula is C25H25N3O3S2. The van der Waals surface area contributed by atoms with Gasteiger partial charge in [0, 0.05) is 23.4 Å². The number of fused-ring (bicyclic) bond motifs is 1. The Morgan fingerprint density at radius 1 is 1.06 bits per heavy atom. The molecular weight excluding hydrogens is 454 g/mol. The van der Waals surface area contributed by atoms with Crippen LogP contribution in [0.2, 0.25) is 0 Å². The molecule has 1 amide bonds. The quantitative estimate of drug-likeness (QED) is 0.470. The first-order valence-corrected chi connectivity index (χ1v) is 13.3. The molecule has 1 atom stereocenters. The minimum absolute atomic E-state index is 0.0460. The Kier molecular flexibility index (Phi) is 7.23. The average Bonchev–Trinajstić information content (AvgIpc) is 3.37. The van der Waals surface area contributed by atoms with Crippen molar-refractivity contribution >= 4 is 27.3 Å². The van der Waals surface area contributed by atoms with E-state index in [9.17, 15) is 13.2 Å². The van der Waals surface area contributed by atoms with Crippen molar-refractivity contribution in [3.8, 4) is 6.07 Å². The molecule has 0 spiro atoms. The van der Waals surface area contributed by atoms with Gasteiger partial charge in [-0.25, -0.2) is 13.1 Å². The molecule has 1 unspecified atom stereocenters. The maximum Gasteiger partial charge on any atom is 0.252 e. The molecule has 1 aliphatic rings. The standard InChI is InChI=1S/C25H25N3O3S2/c26-14-4-15-27-33(30,31)22-12-10-19(11-13-22)25(29)28-24(23-7-3-16-32-23)21-9-8-18-5-1-2-6-20(18)17-21/h3,7-13,16-17,24,27H,1-2,4-6,15H2,(H,28,29). The number of nitrogens with one attached hydrogen (secondary N) is 2. The molecule has 0 aliphatic heterocycles. The number of benzene rings is 2. The van der Waals surface area contributed by atoms with Crippen molar-refractivity contribution in [3.63, 3.8) is 0 Å². The highest BCUT2D eigenvalue weighted by atomic mass is 32.2. The second-order valence-electron chi connectivity index (χ2n) is 7.99. The first-order chi connectivity index (χ1) is 16.0. The molecule has 33 heavy (non-hydrogen) atoms. The molecule has 0 bridgehead atoms. The molecule has 2 aromatic carbocycles. The van der Waals surface area contributed by atoms with Crippen LogP contribution in [0.25, 0.3) is 0 Å². The molecule has 0 fully saturated rings. The van der Waals surface area contributed by atoms with E-state index in [1.807, 2.05) is 23.6 Å². The highest BCUT2D eigenvalue weighted by Crippen LogP contribution is 2.30. The molecule has 1 aromatic heterocycles. The number of carbonyl (C=O) groups is 1. The van der Waals surface area contributed by atoms with Crippen LogP contribution < -0.4 is 10.0 Å². The van der Waals surface area contributed by atoms with Gasteiger partial charge in [-0.2, -0.15) is 5.26 Å². The van der Waals surface area contributed by atoms with Crippen LogP contribution in [0.1, 0.15) is 57.2 Å². The zero-order valence-electron chi connectivity index (χ0n) is 18.1. The van der Waals surface area contributed by atoms with E-state index in [2.05, 4.69) is 28.2 Å². The Morgan fingerprint density at radius 3 is 2.52 bits per heavy atom. The summed E-state index contributed by atoms with van der Waals surface area (Å²) >= 11 is 1.59. The molecule has 4 rings (SSSR count). The van der Waals surface area contributed by atoms with Crippen LogP contribution in [0.3, 0.4) is 0 Å². The van der Waals surface area contributed by atoms with E-state index in [0.29, 0.717) is 5.56 Å². The molecule has 1 heterocycles. The maximum atomic E-state index is 13.1. The predicted octanol–water partition coefficient (Wildman–Crippen LogP) is 4.34. The fourth-order valence-electron chi connectivity index (χ4n) is 4.03. The lowest BCUT2D eigenvalue weighted by molar-refractivity contribution is 0.0943. The number of hydrogen-bond donors (Lipinski definition) is 2. The SMILES string of the molecule is N#CCCNS(=O)(=O)c1ccc(C(=O)NC(c2ccc3c(c2)CCCC3)c2cccs2)cc1. The van der Waals surface area contributed by atoms with Crippen molar-refractivity contribution in [3.05, 3.63) is 87.1 Å². The average molecular weight is 480 g/mol. The molecule has 1 aliphatic carbocycles. The molecule has 8 heteroatoms. The van der Waals surface area contributed by atoms with Gasteiger partial charge in [-0.05, 0) is 78.1 Å². The van der Waals surface area contributed by atoms with Gasteiger partial charge in [-0.1, -0.05) is 24.3 Å². The third-order valence-electron chi connectivity index (χ3n) is 5.76. The second kappa shape index (κ2) is 10.3. The molecule has 0 saturated heterocycles. The highest BCUT2D eigenvalue weighted by molar-refractivity contribution is 7.89. The Labute approximate surface area is 198 Å². The third-order valence-corrected chi connectivity index (χ3v) is 8.18. The molecule has 6 nitrogen and oxygen atoms in total. The second-order valence-corrected chi connectivity index (χ2v) is 10.7. The Bertz CT molecular complexity index is 1260. The summed E-state index contributed by atoms with van der Waals surface area (Å²) < 4.78 is 27.0. The summed E-state index contributed by atoms with van der Waals surface area (Å²) in [7, 11) is -3.72. The van der Waals surface area contributed by atoms with Gasteiger partial charge in [0.1, 0.15) is 0 Å². The lowest BCUT2D eigenvalue weighted by Crippen LogP contribution is -2.29. The van der Waals surface area contributed by atoms with E-state index < -0.39 is 10.0 Å². The largest absolute Gasteiger partial charge is 0.340 e. The monoisotopic (exact) mass is 479 g/mol. The minimum atomic E-state index is -3.72. The maximum absolute atomic E-state index is 13.1. The number of carbonyl (C=O) groups excluding carboxylic acids is 1. The van der Waals surface area contributed by atoms with Crippen LogP contribution in [0.4, 0.5) is 0 Å². The number of nitriles is 1. The number of amides is 1. The van der Waals surface area contributed by atoms with E-state index >= 15 is 0 Å². The van der Waals surface area contributed by atoms with E-state index in [4.69, 9.17) is 5.26 Å². The number of hydrogen-bond acceptors (Lipinski definition) is 5. The third kappa shape index (κ3) is 5.50. The highest BCUT2D eigenvalue weighted by Gasteiger charge is 2.21. The summed E-state index contributed by atoms with van der Waals surface area (Å²) in [6.45, 7) is 0.0460. The zero-order chi connectivity index (χ0) is 23.3. The number of aryl methyl sites for hydroxylation is 2. The van der Waals surface area contributed by atoms with Crippen molar-refractivity contribution in [1.82, 2.24) is 10.0 Å². The van der Waals surface area contributed by atoms with Crippen LogP contribution in [0.15, 0.2) is 64.9 Å². The van der Waals surface area contributed by atoms with Gasteiger partial charge < -0.3 is 5.32 Å². The van der Waals surface area contributed by atoms with Crippen LogP contribution in [0, 0.1) is 11.3 Å². The summed E-state index contributed by atoms with van der Waals surface area (Å²) in [5.41, 5.74) is 4.17. The van der Waals surface area contributed by atoms with Crippen LogP contribution in [-0.4, -0.2) is 20.9 Å². The van der Waals surface area contributed by atoms with Crippen molar-refractivity contribution in [2.24, 2.45) is 0 Å². The molecule has 170 valence electrons.